The second-order valence-electron chi connectivity index (χ2n) is 5.61. The van der Waals surface area contributed by atoms with Gasteiger partial charge in [0.2, 0.25) is 0 Å². The molecule has 3 nitrogen and oxygen atoms in total. The molecule has 0 aliphatic heterocycles. The van der Waals surface area contributed by atoms with Crippen molar-refractivity contribution in [2.24, 2.45) is 5.92 Å². The Bertz CT molecular complexity index is 232. The molecule has 0 aromatic carbocycles. The average Bonchev–Trinajstić information content (AvgIpc) is 2.31. The van der Waals surface area contributed by atoms with Crippen molar-refractivity contribution in [2.75, 3.05) is 26.7 Å². The fraction of sp³-hybridized carbons (Fsp3) is 0.929. The van der Waals surface area contributed by atoms with Crippen molar-refractivity contribution in [2.45, 2.75) is 52.5 Å². The molecule has 0 bridgehead atoms. The minimum atomic E-state index is -0.373. The van der Waals surface area contributed by atoms with Crippen molar-refractivity contribution in [3.63, 3.8) is 0 Å². The third kappa shape index (κ3) is 8.18. The molecule has 17 heavy (non-hydrogen) atoms. The standard InChI is InChI=1S/C14H29N3/c1-6-9-16-14(4,12-15)8-11-17(5)10-7-13(2)3/h13,16H,6-11H2,1-5H3. The first kappa shape index (κ1) is 16.4. The predicted molar refractivity (Wildman–Crippen MR) is 73.9 cm³/mol. The van der Waals surface area contributed by atoms with Gasteiger partial charge in [0.1, 0.15) is 5.54 Å². The van der Waals surface area contributed by atoms with E-state index in [0.717, 1.165) is 38.4 Å². The molecule has 0 saturated carbocycles. The normalized spacial score (nSPS) is 14.9. The second-order valence-corrected chi connectivity index (χ2v) is 5.61. The maximum absolute atomic E-state index is 9.21. The van der Waals surface area contributed by atoms with Crippen molar-refractivity contribution in [1.82, 2.24) is 10.2 Å². The molecule has 1 unspecified atom stereocenters. The Kier molecular flexibility index (Phi) is 8.20. The van der Waals surface area contributed by atoms with E-state index in [-0.39, 0.29) is 5.54 Å². The van der Waals surface area contributed by atoms with Crippen molar-refractivity contribution in [3.05, 3.63) is 0 Å². The van der Waals surface area contributed by atoms with Crippen LogP contribution in [0.1, 0.15) is 47.0 Å². The molecule has 100 valence electrons. The van der Waals surface area contributed by atoms with Crippen LogP contribution in [0.4, 0.5) is 0 Å². The molecule has 0 saturated heterocycles. The van der Waals surface area contributed by atoms with Gasteiger partial charge in [-0.1, -0.05) is 20.8 Å². The maximum atomic E-state index is 9.21. The summed E-state index contributed by atoms with van der Waals surface area (Å²) in [4.78, 5) is 2.32. The molecule has 0 rings (SSSR count). The SMILES string of the molecule is CCCNC(C)(C#N)CCN(C)CCC(C)C. The Hall–Kier alpha value is -0.590. The topological polar surface area (TPSA) is 39.1 Å². The van der Waals surface area contributed by atoms with E-state index in [1.807, 2.05) is 6.92 Å². The molecule has 3 heteroatoms. The van der Waals surface area contributed by atoms with E-state index >= 15 is 0 Å². The van der Waals surface area contributed by atoms with Crippen LogP contribution in [0.25, 0.3) is 0 Å². The van der Waals surface area contributed by atoms with Gasteiger partial charge in [-0.15, -0.1) is 0 Å². The molecule has 0 aromatic heterocycles. The summed E-state index contributed by atoms with van der Waals surface area (Å²) in [5, 5.41) is 12.5. The van der Waals surface area contributed by atoms with E-state index in [2.05, 4.69) is 44.1 Å². The van der Waals surface area contributed by atoms with E-state index in [4.69, 9.17) is 0 Å². The number of nitrogens with one attached hydrogen (secondary N) is 1. The van der Waals surface area contributed by atoms with Gasteiger partial charge in [-0.3, -0.25) is 5.32 Å². The maximum Gasteiger partial charge on any atom is 0.105 e. The van der Waals surface area contributed by atoms with E-state index < -0.39 is 0 Å². The van der Waals surface area contributed by atoms with Crippen molar-refractivity contribution >= 4 is 0 Å². The lowest BCUT2D eigenvalue weighted by Gasteiger charge is -2.26. The smallest absolute Gasteiger partial charge is 0.105 e. The Morgan fingerprint density at radius 3 is 2.47 bits per heavy atom. The highest BCUT2D eigenvalue weighted by Crippen LogP contribution is 2.10. The van der Waals surface area contributed by atoms with Crippen molar-refractivity contribution in [1.29, 1.82) is 5.26 Å². The summed E-state index contributed by atoms with van der Waals surface area (Å²) in [7, 11) is 2.14. The lowest BCUT2D eigenvalue weighted by atomic mass is 9.99. The average molecular weight is 239 g/mol. The summed E-state index contributed by atoms with van der Waals surface area (Å²) < 4.78 is 0. The first-order valence-electron chi connectivity index (χ1n) is 6.78. The summed E-state index contributed by atoms with van der Waals surface area (Å²) in [5.74, 6) is 0.748. The van der Waals surface area contributed by atoms with E-state index in [9.17, 15) is 5.26 Å². The van der Waals surface area contributed by atoms with Gasteiger partial charge in [-0.05, 0) is 52.2 Å². The molecule has 0 aliphatic carbocycles. The molecular formula is C14H29N3. The van der Waals surface area contributed by atoms with Gasteiger partial charge in [0.25, 0.3) is 0 Å². The highest BCUT2D eigenvalue weighted by molar-refractivity contribution is 5.03. The quantitative estimate of drug-likeness (QED) is 0.672. The molecule has 1 atom stereocenters. The summed E-state index contributed by atoms with van der Waals surface area (Å²) >= 11 is 0. The van der Waals surface area contributed by atoms with Gasteiger partial charge in [-0.25, -0.2) is 0 Å². The van der Waals surface area contributed by atoms with Crippen LogP contribution in [0, 0.1) is 17.2 Å². The Morgan fingerprint density at radius 2 is 2.00 bits per heavy atom. The van der Waals surface area contributed by atoms with Crippen LogP contribution in [0.3, 0.4) is 0 Å². The highest BCUT2D eigenvalue weighted by Gasteiger charge is 2.22. The van der Waals surface area contributed by atoms with Gasteiger partial charge in [0.15, 0.2) is 0 Å². The van der Waals surface area contributed by atoms with Gasteiger partial charge >= 0.3 is 0 Å². The molecule has 1 N–H and O–H groups in total. The lowest BCUT2D eigenvalue weighted by molar-refractivity contribution is 0.274. The van der Waals surface area contributed by atoms with E-state index in [1.54, 1.807) is 0 Å². The molecule has 0 spiro atoms. The van der Waals surface area contributed by atoms with Gasteiger partial charge < -0.3 is 4.90 Å². The first-order chi connectivity index (χ1) is 7.93. The summed E-state index contributed by atoms with van der Waals surface area (Å²) in [6.45, 7) is 11.6. The van der Waals surface area contributed by atoms with Crippen LogP contribution in [0.5, 0.6) is 0 Å². The van der Waals surface area contributed by atoms with Gasteiger partial charge in [-0.2, -0.15) is 5.26 Å². The highest BCUT2D eigenvalue weighted by atomic mass is 15.1. The van der Waals surface area contributed by atoms with Crippen LogP contribution in [-0.2, 0) is 0 Å². The third-order valence-electron chi connectivity index (χ3n) is 3.09. The largest absolute Gasteiger partial charge is 0.306 e. The Labute approximate surface area is 107 Å². The number of hydrogen-bond donors (Lipinski definition) is 1. The molecule has 0 fully saturated rings. The number of nitrogens with zero attached hydrogens (tertiary/aromatic N) is 2. The number of hydrogen-bond acceptors (Lipinski definition) is 3. The van der Waals surface area contributed by atoms with Crippen molar-refractivity contribution < 1.29 is 0 Å². The molecule has 0 radical (unpaired) electrons. The van der Waals surface area contributed by atoms with Crippen LogP contribution in [0.15, 0.2) is 0 Å². The Balaban J connectivity index is 3.93. The first-order valence-corrected chi connectivity index (χ1v) is 6.78. The Morgan fingerprint density at radius 1 is 1.35 bits per heavy atom. The zero-order valence-corrected chi connectivity index (χ0v) is 12.2. The summed E-state index contributed by atoms with van der Waals surface area (Å²) in [6.07, 6.45) is 3.18. The zero-order valence-electron chi connectivity index (χ0n) is 12.2. The summed E-state index contributed by atoms with van der Waals surface area (Å²) in [5.41, 5.74) is -0.373. The molecule has 0 aromatic rings. The fourth-order valence-electron chi connectivity index (χ4n) is 1.59. The minimum Gasteiger partial charge on any atom is -0.306 e. The second kappa shape index (κ2) is 8.49. The van der Waals surface area contributed by atoms with Crippen LogP contribution < -0.4 is 5.32 Å². The molecule has 0 heterocycles. The molecule has 0 aliphatic rings. The van der Waals surface area contributed by atoms with Gasteiger partial charge in [0, 0.05) is 6.54 Å². The predicted octanol–water partition coefficient (Wildman–Crippen LogP) is 2.64. The monoisotopic (exact) mass is 239 g/mol. The van der Waals surface area contributed by atoms with Crippen LogP contribution >= 0.6 is 0 Å². The molecule has 0 amide bonds. The number of nitriles is 1. The summed E-state index contributed by atoms with van der Waals surface area (Å²) in [6, 6.07) is 2.40. The van der Waals surface area contributed by atoms with Gasteiger partial charge in [0.05, 0.1) is 6.07 Å². The molecular weight excluding hydrogens is 210 g/mol. The van der Waals surface area contributed by atoms with Crippen molar-refractivity contribution in [3.8, 4) is 6.07 Å². The lowest BCUT2D eigenvalue weighted by Crippen LogP contribution is -2.43. The third-order valence-corrected chi connectivity index (χ3v) is 3.09. The van der Waals surface area contributed by atoms with E-state index in [0.29, 0.717) is 0 Å². The van der Waals surface area contributed by atoms with E-state index in [1.165, 1.54) is 6.42 Å². The number of rotatable bonds is 9. The van der Waals surface area contributed by atoms with Crippen LogP contribution in [0.2, 0.25) is 0 Å². The fourth-order valence-corrected chi connectivity index (χ4v) is 1.59. The zero-order chi connectivity index (χ0) is 13.3. The minimum absolute atomic E-state index is 0.373. The van der Waals surface area contributed by atoms with Crippen LogP contribution in [-0.4, -0.2) is 37.1 Å².